The lowest BCUT2D eigenvalue weighted by atomic mass is 9.98. The van der Waals surface area contributed by atoms with Crippen LogP contribution >= 0.6 is 0 Å². The summed E-state index contributed by atoms with van der Waals surface area (Å²) >= 11 is 0. The molecule has 0 saturated carbocycles. The number of halogens is 2. The molecule has 1 aliphatic heterocycles. The van der Waals surface area contributed by atoms with Crippen molar-refractivity contribution in [3.05, 3.63) is 100 Å². The quantitative estimate of drug-likeness (QED) is 0.223. The van der Waals surface area contributed by atoms with Crippen LogP contribution in [0.2, 0.25) is 0 Å². The Morgan fingerprint density at radius 1 is 0.958 bits per heavy atom. The summed E-state index contributed by atoms with van der Waals surface area (Å²) in [5, 5.41) is 14.3. The molecule has 13 heteroatoms. The number of aliphatic hydroxyl groups excluding tert-OH is 1. The number of aryl methyl sites for hydroxylation is 1. The van der Waals surface area contributed by atoms with Crippen LogP contribution in [0, 0.1) is 11.6 Å². The first-order chi connectivity index (χ1) is 22.8. The number of carbonyl (C=O) groups is 1. The predicted octanol–water partition coefficient (Wildman–Crippen LogP) is 4.64. The fourth-order valence-corrected chi connectivity index (χ4v) is 9.19. The van der Waals surface area contributed by atoms with Crippen molar-refractivity contribution in [1.29, 1.82) is 0 Å². The highest BCUT2D eigenvalue weighted by Crippen LogP contribution is 2.29. The average Bonchev–Trinajstić information content (AvgIpc) is 3.04. The first-order valence-corrected chi connectivity index (χ1v) is 19.6. The van der Waals surface area contributed by atoms with Crippen molar-refractivity contribution < 1.29 is 35.5 Å². The number of sulfonamides is 1. The second-order valence-electron chi connectivity index (χ2n) is 12.3. The topological polar surface area (TPSA) is 124 Å². The summed E-state index contributed by atoms with van der Waals surface area (Å²) in [6, 6.07) is 13.7. The molecule has 2 atom stereocenters. The van der Waals surface area contributed by atoms with E-state index < -0.39 is 50.2 Å². The SMILES string of the molecule is CCCN(CCC)C(=O)c1cccc(S(=O)(=O)N(CCc2cc(F)cc(F)c2)C[C@@H](O)CNC2CS(=O)(=O)Cc3ccc(CC)cc32)c1. The Morgan fingerprint density at radius 3 is 2.29 bits per heavy atom. The van der Waals surface area contributed by atoms with Crippen molar-refractivity contribution in [3.63, 3.8) is 0 Å². The zero-order chi connectivity index (χ0) is 35.1. The van der Waals surface area contributed by atoms with E-state index in [0.29, 0.717) is 18.7 Å². The number of rotatable bonds is 16. The van der Waals surface area contributed by atoms with Gasteiger partial charge in [-0.05, 0) is 78.3 Å². The van der Waals surface area contributed by atoms with E-state index in [0.717, 1.165) is 52.9 Å². The smallest absolute Gasteiger partial charge is 0.253 e. The van der Waals surface area contributed by atoms with E-state index in [1.54, 1.807) is 11.0 Å². The first-order valence-electron chi connectivity index (χ1n) is 16.3. The number of benzene rings is 3. The molecule has 0 fully saturated rings. The van der Waals surface area contributed by atoms with Crippen molar-refractivity contribution in [2.75, 3.05) is 38.5 Å². The number of aliphatic hydroxyl groups is 1. The highest BCUT2D eigenvalue weighted by atomic mass is 32.2. The van der Waals surface area contributed by atoms with Gasteiger partial charge in [-0.15, -0.1) is 0 Å². The van der Waals surface area contributed by atoms with E-state index in [-0.39, 0.29) is 52.9 Å². The summed E-state index contributed by atoms with van der Waals surface area (Å²) in [4.78, 5) is 14.8. The number of sulfone groups is 1. The minimum absolute atomic E-state index is 0.0541. The highest BCUT2D eigenvalue weighted by molar-refractivity contribution is 7.90. The number of nitrogens with one attached hydrogen (secondary N) is 1. The van der Waals surface area contributed by atoms with Gasteiger partial charge in [0, 0.05) is 50.4 Å². The van der Waals surface area contributed by atoms with E-state index in [4.69, 9.17) is 0 Å². The lowest BCUT2D eigenvalue weighted by molar-refractivity contribution is 0.0755. The van der Waals surface area contributed by atoms with Crippen molar-refractivity contribution in [2.24, 2.45) is 0 Å². The molecule has 0 saturated heterocycles. The number of fused-ring (bicyclic) bond motifs is 1. The summed E-state index contributed by atoms with van der Waals surface area (Å²) in [5.41, 5.74) is 2.99. The average molecular weight is 706 g/mol. The van der Waals surface area contributed by atoms with Gasteiger partial charge in [0.2, 0.25) is 10.0 Å². The molecule has 3 aromatic rings. The molecule has 0 aromatic heterocycles. The van der Waals surface area contributed by atoms with Crippen molar-refractivity contribution in [1.82, 2.24) is 14.5 Å². The van der Waals surface area contributed by atoms with Crippen LogP contribution in [0.1, 0.15) is 72.3 Å². The Balaban J connectivity index is 1.59. The molecule has 262 valence electrons. The third-order valence-corrected chi connectivity index (χ3v) is 11.8. The molecule has 1 unspecified atom stereocenters. The largest absolute Gasteiger partial charge is 0.390 e. The normalized spacial score (nSPS) is 16.4. The van der Waals surface area contributed by atoms with Crippen LogP contribution in [0.4, 0.5) is 8.78 Å². The lowest BCUT2D eigenvalue weighted by Crippen LogP contribution is -2.44. The van der Waals surface area contributed by atoms with Gasteiger partial charge >= 0.3 is 0 Å². The van der Waals surface area contributed by atoms with Crippen molar-refractivity contribution in [3.8, 4) is 0 Å². The van der Waals surface area contributed by atoms with Crippen molar-refractivity contribution >= 4 is 25.8 Å². The van der Waals surface area contributed by atoms with E-state index >= 15 is 0 Å². The number of hydrogen-bond acceptors (Lipinski definition) is 7. The Hall–Kier alpha value is -3.23. The molecule has 3 aromatic carbocycles. The fraction of sp³-hybridized carbons (Fsp3) is 0.457. The van der Waals surface area contributed by atoms with Crippen LogP contribution in [-0.2, 0) is 38.5 Å². The van der Waals surface area contributed by atoms with Gasteiger partial charge < -0.3 is 15.3 Å². The summed E-state index contributed by atoms with van der Waals surface area (Å²) in [6.45, 7) is 6.19. The second kappa shape index (κ2) is 16.4. The van der Waals surface area contributed by atoms with E-state index in [9.17, 15) is 35.5 Å². The number of amides is 1. The number of carbonyl (C=O) groups excluding carboxylic acids is 1. The molecular formula is C35H45F2N3O6S2. The van der Waals surface area contributed by atoms with Gasteiger partial charge in [0.05, 0.1) is 22.5 Å². The third kappa shape index (κ3) is 9.69. The maximum atomic E-state index is 14.1. The summed E-state index contributed by atoms with van der Waals surface area (Å²) in [5.74, 6) is -2.13. The Morgan fingerprint density at radius 2 is 1.65 bits per heavy atom. The number of nitrogens with zero attached hydrogens (tertiary/aromatic N) is 2. The Kier molecular flexibility index (Phi) is 12.9. The van der Waals surface area contributed by atoms with Crippen molar-refractivity contribution in [2.45, 2.75) is 69.2 Å². The van der Waals surface area contributed by atoms with Gasteiger partial charge in [0.1, 0.15) is 11.6 Å². The van der Waals surface area contributed by atoms with Gasteiger partial charge in [-0.2, -0.15) is 4.31 Å². The Labute approximate surface area is 282 Å². The summed E-state index contributed by atoms with van der Waals surface area (Å²) in [7, 11) is -7.73. The minimum atomic E-state index is -4.32. The van der Waals surface area contributed by atoms with Gasteiger partial charge in [-0.3, -0.25) is 4.79 Å². The van der Waals surface area contributed by atoms with Crippen LogP contribution < -0.4 is 5.32 Å². The van der Waals surface area contributed by atoms with Gasteiger partial charge in [0.25, 0.3) is 5.91 Å². The maximum absolute atomic E-state index is 14.1. The predicted molar refractivity (Wildman–Crippen MR) is 182 cm³/mol. The molecule has 2 N–H and O–H groups in total. The zero-order valence-corrected chi connectivity index (χ0v) is 29.3. The van der Waals surface area contributed by atoms with Crippen LogP contribution in [0.5, 0.6) is 0 Å². The van der Waals surface area contributed by atoms with E-state index in [2.05, 4.69) is 5.32 Å². The van der Waals surface area contributed by atoms with Gasteiger partial charge in [-0.25, -0.2) is 25.6 Å². The summed E-state index contributed by atoms with van der Waals surface area (Å²) in [6.07, 6.45) is 0.909. The minimum Gasteiger partial charge on any atom is -0.390 e. The summed E-state index contributed by atoms with van der Waals surface area (Å²) < 4.78 is 82.4. The molecule has 1 heterocycles. The zero-order valence-electron chi connectivity index (χ0n) is 27.7. The standard InChI is InChI=1S/C35H45F2N3O6S2/c1-4-13-39(14-5-2)35(42)27-8-7-9-32(19-27)48(45,46)40(15-12-26-16-29(36)20-30(37)17-26)22-31(41)21-38-34-24-47(43,44)23-28-11-10-25(6-3)18-33(28)34/h7-11,16-20,31,34,38,41H,4-6,12-15,21-24H2,1-3H3/t31-,34?/m0/s1. The maximum Gasteiger partial charge on any atom is 0.253 e. The van der Waals surface area contributed by atoms with Crippen LogP contribution in [0.3, 0.4) is 0 Å². The molecule has 0 aliphatic carbocycles. The molecule has 0 radical (unpaired) electrons. The molecular weight excluding hydrogens is 661 g/mol. The monoisotopic (exact) mass is 705 g/mol. The molecule has 48 heavy (non-hydrogen) atoms. The molecule has 0 spiro atoms. The Bertz CT molecular complexity index is 1780. The molecule has 0 bridgehead atoms. The van der Waals surface area contributed by atoms with Gasteiger partial charge in [0.15, 0.2) is 9.84 Å². The lowest BCUT2D eigenvalue weighted by Gasteiger charge is -2.29. The van der Waals surface area contributed by atoms with E-state index in [1.807, 2.05) is 39.0 Å². The molecule has 1 amide bonds. The highest BCUT2D eigenvalue weighted by Gasteiger charge is 2.32. The first kappa shape index (κ1) is 37.6. The van der Waals surface area contributed by atoms with Crippen LogP contribution in [-0.4, -0.2) is 81.6 Å². The van der Waals surface area contributed by atoms with Gasteiger partial charge in [-0.1, -0.05) is 45.0 Å². The fourth-order valence-electron chi connectivity index (χ4n) is 6.00. The van der Waals surface area contributed by atoms with E-state index in [1.165, 1.54) is 18.2 Å². The van der Waals surface area contributed by atoms with Crippen LogP contribution in [0.25, 0.3) is 0 Å². The second-order valence-corrected chi connectivity index (χ2v) is 16.3. The number of hydrogen-bond donors (Lipinski definition) is 2. The molecule has 1 aliphatic rings. The molecule has 4 rings (SSSR count). The molecule has 9 nitrogen and oxygen atoms in total. The van der Waals surface area contributed by atoms with Crippen LogP contribution in [0.15, 0.2) is 65.6 Å². The third-order valence-electron chi connectivity index (χ3n) is 8.37.